The number of hydrazone groups is 1. The van der Waals surface area contributed by atoms with Gasteiger partial charge in [0, 0.05) is 47.1 Å². The number of esters is 5. The van der Waals surface area contributed by atoms with Gasteiger partial charge in [-0.1, -0.05) is 18.2 Å². The smallest absolute Gasteiger partial charge is 0.303 e. The van der Waals surface area contributed by atoms with E-state index < -0.39 is 60.9 Å². The van der Waals surface area contributed by atoms with Gasteiger partial charge in [-0.2, -0.15) is 10.1 Å². The molecular formula is C26H30N6O10. The average Bonchev–Trinajstić information content (AvgIpc) is 3.18. The Bertz CT molecular complexity index is 1520. The van der Waals surface area contributed by atoms with E-state index in [-0.39, 0.29) is 5.95 Å². The zero-order valence-corrected chi connectivity index (χ0v) is 23.7. The van der Waals surface area contributed by atoms with E-state index in [0.717, 1.165) is 51.7 Å². The van der Waals surface area contributed by atoms with Gasteiger partial charge in [0.1, 0.15) is 12.1 Å². The van der Waals surface area contributed by atoms with Gasteiger partial charge in [-0.15, -0.1) is 10.2 Å². The summed E-state index contributed by atoms with van der Waals surface area (Å²) >= 11 is 0. The number of hydrogen-bond donors (Lipinski definition) is 1. The second-order valence-electron chi connectivity index (χ2n) is 8.95. The fraction of sp³-hybridized carbons (Fsp3) is 0.423. The van der Waals surface area contributed by atoms with E-state index in [1.165, 1.54) is 0 Å². The van der Waals surface area contributed by atoms with Crippen LogP contribution < -0.4 is 5.43 Å². The molecule has 0 radical (unpaired) electrons. The molecule has 2 heterocycles. The van der Waals surface area contributed by atoms with Gasteiger partial charge in [0.05, 0.1) is 11.7 Å². The van der Waals surface area contributed by atoms with Crippen LogP contribution in [0.25, 0.3) is 22.1 Å². The second kappa shape index (κ2) is 14.0. The van der Waals surface area contributed by atoms with Gasteiger partial charge in [-0.05, 0) is 6.07 Å². The molecule has 4 atom stereocenters. The number of carbonyl (C=O) groups excluding carboxylic acids is 5. The van der Waals surface area contributed by atoms with Gasteiger partial charge in [-0.25, -0.2) is 5.43 Å². The van der Waals surface area contributed by atoms with Crippen molar-refractivity contribution >= 4 is 64.1 Å². The molecule has 0 saturated heterocycles. The van der Waals surface area contributed by atoms with E-state index in [1.54, 1.807) is 0 Å². The number of benzene rings is 1. The molecule has 2 aromatic heterocycles. The third-order valence-electron chi connectivity index (χ3n) is 5.58. The van der Waals surface area contributed by atoms with E-state index in [4.69, 9.17) is 23.7 Å². The number of aromatic nitrogens is 4. The lowest BCUT2D eigenvalue weighted by atomic mass is 10.0. The van der Waals surface area contributed by atoms with Crippen molar-refractivity contribution in [2.45, 2.75) is 59.0 Å². The largest absolute Gasteiger partial charge is 0.462 e. The zero-order valence-electron chi connectivity index (χ0n) is 23.7. The highest BCUT2D eigenvalue weighted by molar-refractivity contribution is 6.04. The number of aryl methyl sites for hydroxylation is 1. The molecule has 0 bridgehead atoms. The van der Waals surface area contributed by atoms with Crippen molar-refractivity contribution in [3.8, 4) is 0 Å². The van der Waals surface area contributed by atoms with Crippen LogP contribution in [0.15, 0.2) is 29.4 Å². The number of ether oxygens (including phenoxy) is 5. The van der Waals surface area contributed by atoms with E-state index >= 15 is 0 Å². The maximum absolute atomic E-state index is 12.1. The van der Waals surface area contributed by atoms with Crippen LogP contribution >= 0.6 is 0 Å². The molecule has 3 rings (SSSR count). The lowest BCUT2D eigenvalue weighted by Crippen LogP contribution is -2.53. The third-order valence-corrected chi connectivity index (χ3v) is 5.58. The number of nitrogens with zero attached hydrogens (tertiary/aromatic N) is 5. The molecule has 0 aliphatic heterocycles. The zero-order chi connectivity index (χ0) is 31.0. The van der Waals surface area contributed by atoms with Gasteiger partial charge < -0.3 is 28.3 Å². The SMILES string of the molecule is CC(=O)OC[C@@H](OC(C)=O)[C@@H](OC(C)=O)[C@H](OC(C)=O)[C@H](/C=N/Nc1nnc2c3ccccc3n(C)c2n1)OC(C)=O. The first-order valence-electron chi connectivity index (χ1n) is 12.6. The number of carbonyl (C=O) groups is 5. The predicted octanol–water partition coefficient (Wildman–Crippen LogP) is 1.20. The highest BCUT2D eigenvalue weighted by Gasteiger charge is 2.43. The van der Waals surface area contributed by atoms with Crippen LogP contribution in [-0.2, 0) is 54.7 Å². The Balaban J connectivity index is 1.97. The van der Waals surface area contributed by atoms with Gasteiger partial charge in [0.2, 0.25) is 0 Å². The van der Waals surface area contributed by atoms with Crippen LogP contribution in [0.3, 0.4) is 0 Å². The molecule has 0 unspecified atom stereocenters. The van der Waals surface area contributed by atoms with Crippen molar-refractivity contribution in [1.82, 2.24) is 19.7 Å². The minimum absolute atomic E-state index is 0.0144. The fourth-order valence-electron chi connectivity index (χ4n) is 4.06. The summed E-state index contributed by atoms with van der Waals surface area (Å²) in [6.45, 7) is 4.81. The summed E-state index contributed by atoms with van der Waals surface area (Å²) in [4.78, 5) is 63.8. The monoisotopic (exact) mass is 586 g/mol. The molecule has 0 fully saturated rings. The number of rotatable bonds is 12. The summed E-state index contributed by atoms with van der Waals surface area (Å²) in [5.74, 6) is -4.10. The normalized spacial score (nSPS) is 14.0. The standard InChI is InChI=1S/C26H30N6O10/c1-13(33)38-12-21(40-15(3)35)24(42-17(5)37)23(41-16(4)36)20(39-14(2)34)11-27-30-26-28-25-22(29-31-26)18-9-7-8-10-19(18)32(25)6/h7-11,20-21,23-24H,12H2,1-6H3,(H,28,30,31)/b27-11+/t20-,21+,23+,24+/m0/s1. The molecule has 1 aromatic carbocycles. The van der Waals surface area contributed by atoms with Crippen LogP contribution in [0.5, 0.6) is 0 Å². The van der Waals surface area contributed by atoms with E-state index in [9.17, 15) is 24.0 Å². The Morgan fingerprint density at radius 1 is 0.857 bits per heavy atom. The minimum atomic E-state index is -1.61. The maximum Gasteiger partial charge on any atom is 0.303 e. The molecule has 1 N–H and O–H groups in total. The second-order valence-corrected chi connectivity index (χ2v) is 8.95. The summed E-state index contributed by atoms with van der Waals surface area (Å²) in [5, 5.41) is 13.1. The molecule has 0 aliphatic rings. The Morgan fingerprint density at radius 2 is 1.48 bits per heavy atom. The number of para-hydroxylation sites is 1. The summed E-state index contributed by atoms with van der Waals surface area (Å²) in [6, 6.07) is 7.55. The lowest BCUT2D eigenvalue weighted by molar-refractivity contribution is -0.197. The highest BCUT2D eigenvalue weighted by atomic mass is 16.6. The number of hydrogen-bond acceptors (Lipinski definition) is 15. The third kappa shape index (κ3) is 8.18. The average molecular weight is 587 g/mol. The lowest BCUT2D eigenvalue weighted by Gasteiger charge is -2.34. The fourth-order valence-corrected chi connectivity index (χ4v) is 4.06. The quantitative estimate of drug-likeness (QED) is 0.137. The van der Waals surface area contributed by atoms with Crippen molar-refractivity contribution in [3.05, 3.63) is 24.3 Å². The predicted molar refractivity (Wildman–Crippen MR) is 145 cm³/mol. The van der Waals surface area contributed by atoms with Crippen LogP contribution in [0.4, 0.5) is 5.95 Å². The van der Waals surface area contributed by atoms with E-state index in [1.807, 2.05) is 35.9 Å². The molecule has 0 spiro atoms. The molecule has 42 heavy (non-hydrogen) atoms. The molecule has 224 valence electrons. The van der Waals surface area contributed by atoms with Crippen molar-refractivity contribution in [2.24, 2.45) is 12.1 Å². The Labute approximate surface area is 239 Å². The van der Waals surface area contributed by atoms with Gasteiger partial charge >= 0.3 is 29.8 Å². The van der Waals surface area contributed by atoms with Crippen LogP contribution in [-0.4, -0.2) is 86.8 Å². The van der Waals surface area contributed by atoms with Crippen molar-refractivity contribution in [2.75, 3.05) is 12.0 Å². The number of anilines is 1. The van der Waals surface area contributed by atoms with E-state index in [2.05, 4.69) is 25.7 Å². The van der Waals surface area contributed by atoms with Crippen molar-refractivity contribution in [3.63, 3.8) is 0 Å². The molecule has 16 nitrogen and oxygen atoms in total. The number of fused-ring (bicyclic) bond motifs is 3. The summed E-state index contributed by atoms with van der Waals surface area (Å²) in [5.41, 5.74) is 4.56. The first-order chi connectivity index (χ1) is 19.9. The molecule has 3 aromatic rings. The molecule has 0 aliphatic carbocycles. The summed E-state index contributed by atoms with van der Waals surface area (Å²) in [6.07, 6.45) is -5.14. The summed E-state index contributed by atoms with van der Waals surface area (Å²) in [7, 11) is 1.82. The maximum atomic E-state index is 12.1. The Kier molecular flexibility index (Phi) is 10.4. The van der Waals surface area contributed by atoms with Gasteiger partial charge in [0.15, 0.2) is 30.1 Å². The molecule has 16 heteroatoms. The molecule has 0 amide bonds. The Hall–Kier alpha value is -5.15. The minimum Gasteiger partial charge on any atom is -0.462 e. The Morgan fingerprint density at radius 3 is 2.10 bits per heavy atom. The van der Waals surface area contributed by atoms with Crippen LogP contribution in [0.2, 0.25) is 0 Å². The topological polar surface area (TPSA) is 199 Å². The van der Waals surface area contributed by atoms with Crippen molar-refractivity contribution < 1.29 is 47.7 Å². The number of nitrogens with one attached hydrogen (secondary N) is 1. The molecule has 0 saturated carbocycles. The van der Waals surface area contributed by atoms with E-state index in [0.29, 0.717) is 11.2 Å². The summed E-state index contributed by atoms with van der Waals surface area (Å²) < 4.78 is 28.0. The van der Waals surface area contributed by atoms with Crippen molar-refractivity contribution in [1.29, 1.82) is 0 Å². The van der Waals surface area contributed by atoms with Crippen LogP contribution in [0.1, 0.15) is 34.6 Å². The van der Waals surface area contributed by atoms with Gasteiger partial charge in [-0.3, -0.25) is 24.0 Å². The highest BCUT2D eigenvalue weighted by Crippen LogP contribution is 2.25. The van der Waals surface area contributed by atoms with Gasteiger partial charge in [0.25, 0.3) is 5.95 Å². The first kappa shape index (κ1) is 31.4. The van der Waals surface area contributed by atoms with Crippen LogP contribution in [0, 0.1) is 0 Å². The first-order valence-corrected chi connectivity index (χ1v) is 12.6. The molecular weight excluding hydrogens is 556 g/mol.